The number of fused-ring (bicyclic) bond motifs is 2. The molecule has 4 aromatic rings. The molecule has 0 amide bonds. The van der Waals surface area contributed by atoms with Crippen LogP contribution in [0.3, 0.4) is 0 Å². The number of aromatic nitrogens is 4. The molecule has 0 radical (unpaired) electrons. The maximum absolute atomic E-state index is 4.82. The van der Waals surface area contributed by atoms with Gasteiger partial charge in [0.2, 0.25) is 0 Å². The Morgan fingerprint density at radius 3 is 2.96 bits per heavy atom. The van der Waals surface area contributed by atoms with Crippen LogP contribution in [0.5, 0.6) is 0 Å². The lowest BCUT2D eigenvalue weighted by Crippen LogP contribution is -2.21. The summed E-state index contributed by atoms with van der Waals surface area (Å²) >= 11 is 5.46. The van der Waals surface area contributed by atoms with Crippen molar-refractivity contribution in [1.82, 2.24) is 19.5 Å². The van der Waals surface area contributed by atoms with Crippen molar-refractivity contribution < 1.29 is 0 Å². The molecule has 3 heterocycles. The molecule has 1 N–H and O–H groups in total. The topological polar surface area (TPSA) is 55.6 Å². The SMILES string of the molecule is Brc1cc(Cn2cnc3cccnc32)cc2sc(NC3CCCCC3)nc12. The lowest BCUT2D eigenvalue weighted by atomic mass is 9.96. The summed E-state index contributed by atoms with van der Waals surface area (Å²) in [4.78, 5) is 13.7. The maximum atomic E-state index is 4.82. The molecule has 3 aromatic heterocycles. The lowest BCUT2D eigenvalue weighted by Gasteiger charge is -2.22. The van der Waals surface area contributed by atoms with Gasteiger partial charge in [0.15, 0.2) is 10.8 Å². The van der Waals surface area contributed by atoms with E-state index in [0.717, 1.165) is 32.8 Å². The molecule has 5 rings (SSSR count). The number of benzene rings is 1. The van der Waals surface area contributed by atoms with Crippen LogP contribution >= 0.6 is 27.3 Å². The smallest absolute Gasteiger partial charge is 0.184 e. The summed E-state index contributed by atoms with van der Waals surface area (Å²) in [5.74, 6) is 0. The predicted molar refractivity (Wildman–Crippen MR) is 114 cm³/mol. The van der Waals surface area contributed by atoms with Gasteiger partial charge in [0.1, 0.15) is 5.52 Å². The van der Waals surface area contributed by atoms with Crippen LogP contribution in [0.1, 0.15) is 37.7 Å². The molecule has 0 aliphatic heterocycles. The number of anilines is 1. The van der Waals surface area contributed by atoms with Gasteiger partial charge in [-0.1, -0.05) is 30.6 Å². The van der Waals surface area contributed by atoms with Gasteiger partial charge in [-0.25, -0.2) is 15.0 Å². The van der Waals surface area contributed by atoms with Gasteiger partial charge in [0, 0.05) is 16.7 Å². The molecule has 1 fully saturated rings. The van der Waals surface area contributed by atoms with E-state index in [1.54, 1.807) is 11.3 Å². The molecule has 138 valence electrons. The second-order valence-electron chi connectivity index (χ2n) is 7.14. The molecule has 0 saturated heterocycles. The normalized spacial score (nSPS) is 15.6. The highest BCUT2D eigenvalue weighted by Crippen LogP contribution is 2.34. The molecule has 5 nitrogen and oxygen atoms in total. The van der Waals surface area contributed by atoms with E-state index < -0.39 is 0 Å². The molecule has 27 heavy (non-hydrogen) atoms. The second kappa shape index (κ2) is 7.20. The Morgan fingerprint density at radius 1 is 1.19 bits per heavy atom. The number of thiazole rings is 1. The van der Waals surface area contributed by atoms with Crippen molar-refractivity contribution in [2.45, 2.75) is 44.7 Å². The molecule has 7 heteroatoms. The fourth-order valence-electron chi connectivity index (χ4n) is 3.83. The van der Waals surface area contributed by atoms with E-state index in [1.165, 1.54) is 42.4 Å². The zero-order chi connectivity index (χ0) is 18.2. The standard InChI is InChI=1S/C20H20BrN5S/c21-15-9-13(11-26-12-23-16-7-4-8-22-19(16)26)10-17-18(15)25-20(27-17)24-14-5-2-1-3-6-14/h4,7-10,12,14H,1-3,5-6,11H2,(H,24,25). The molecule has 1 saturated carbocycles. The van der Waals surface area contributed by atoms with Gasteiger partial charge in [-0.05, 0) is 58.6 Å². The summed E-state index contributed by atoms with van der Waals surface area (Å²) in [5, 5.41) is 4.68. The molecular formula is C20H20BrN5S. The number of pyridine rings is 1. The summed E-state index contributed by atoms with van der Waals surface area (Å²) in [7, 11) is 0. The van der Waals surface area contributed by atoms with E-state index in [-0.39, 0.29) is 0 Å². The van der Waals surface area contributed by atoms with Crippen LogP contribution in [0.15, 0.2) is 41.3 Å². The van der Waals surface area contributed by atoms with Gasteiger partial charge in [-0.3, -0.25) is 0 Å². The fraction of sp³-hybridized carbons (Fsp3) is 0.350. The quantitative estimate of drug-likeness (QED) is 0.447. The molecule has 1 aromatic carbocycles. The first-order valence-electron chi connectivity index (χ1n) is 9.37. The highest BCUT2D eigenvalue weighted by Gasteiger charge is 2.16. The predicted octanol–water partition coefficient (Wildman–Crippen LogP) is 5.60. The summed E-state index contributed by atoms with van der Waals surface area (Å²) in [6.07, 6.45) is 10.2. The van der Waals surface area contributed by atoms with Crippen molar-refractivity contribution in [2.75, 3.05) is 5.32 Å². The van der Waals surface area contributed by atoms with Crippen LogP contribution in [-0.4, -0.2) is 25.6 Å². The Balaban J connectivity index is 1.43. The van der Waals surface area contributed by atoms with Crippen LogP contribution in [0.25, 0.3) is 21.4 Å². The monoisotopic (exact) mass is 441 g/mol. The molecule has 1 aliphatic rings. The van der Waals surface area contributed by atoms with Gasteiger partial charge < -0.3 is 9.88 Å². The van der Waals surface area contributed by atoms with Crippen molar-refractivity contribution in [2.24, 2.45) is 0 Å². The van der Waals surface area contributed by atoms with Crippen molar-refractivity contribution in [3.8, 4) is 0 Å². The Bertz CT molecular complexity index is 1100. The largest absolute Gasteiger partial charge is 0.359 e. The molecule has 0 unspecified atom stereocenters. The molecule has 0 spiro atoms. The van der Waals surface area contributed by atoms with E-state index >= 15 is 0 Å². The van der Waals surface area contributed by atoms with Crippen LogP contribution in [0.4, 0.5) is 5.13 Å². The van der Waals surface area contributed by atoms with Crippen molar-refractivity contribution >= 4 is 53.8 Å². The summed E-state index contributed by atoms with van der Waals surface area (Å²) in [6, 6.07) is 8.87. The minimum absolute atomic E-state index is 0.570. The lowest BCUT2D eigenvalue weighted by molar-refractivity contribution is 0.462. The van der Waals surface area contributed by atoms with Crippen molar-refractivity contribution in [3.63, 3.8) is 0 Å². The van der Waals surface area contributed by atoms with Gasteiger partial charge >= 0.3 is 0 Å². The maximum Gasteiger partial charge on any atom is 0.184 e. The molecule has 0 bridgehead atoms. The molecule has 0 atom stereocenters. The number of imidazole rings is 1. The van der Waals surface area contributed by atoms with E-state index in [1.807, 2.05) is 24.7 Å². The highest BCUT2D eigenvalue weighted by molar-refractivity contribution is 9.10. The minimum atomic E-state index is 0.570. The zero-order valence-electron chi connectivity index (χ0n) is 14.9. The Kier molecular flexibility index (Phi) is 4.57. The Morgan fingerprint density at radius 2 is 2.07 bits per heavy atom. The molecular weight excluding hydrogens is 422 g/mol. The van der Waals surface area contributed by atoms with Crippen LogP contribution in [0.2, 0.25) is 0 Å². The third kappa shape index (κ3) is 3.46. The van der Waals surface area contributed by atoms with Crippen molar-refractivity contribution in [1.29, 1.82) is 0 Å². The van der Waals surface area contributed by atoms with E-state index in [9.17, 15) is 0 Å². The Hall–Kier alpha value is -1.99. The van der Waals surface area contributed by atoms with Gasteiger partial charge in [0.25, 0.3) is 0 Å². The van der Waals surface area contributed by atoms with Crippen LogP contribution < -0.4 is 5.32 Å². The number of hydrogen-bond acceptors (Lipinski definition) is 5. The first-order valence-corrected chi connectivity index (χ1v) is 11.0. The zero-order valence-corrected chi connectivity index (χ0v) is 17.3. The molecule has 1 aliphatic carbocycles. The summed E-state index contributed by atoms with van der Waals surface area (Å²) in [6.45, 7) is 0.741. The van der Waals surface area contributed by atoms with Gasteiger partial charge in [0.05, 0.1) is 23.1 Å². The number of rotatable bonds is 4. The van der Waals surface area contributed by atoms with E-state index in [2.05, 4.69) is 47.9 Å². The number of hydrogen-bond donors (Lipinski definition) is 1. The summed E-state index contributed by atoms with van der Waals surface area (Å²) in [5.41, 5.74) is 4.09. The third-order valence-corrected chi connectivity index (χ3v) is 6.71. The first-order chi connectivity index (χ1) is 13.3. The number of nitrogens with one attached hydrogen (secondary N) is 1. The Labute approximate surface area is 170 Å². The van der Waals surface area contributed by atoms with E-state index in [0.29, 0.717) is 6.04 Å². The average molecular weight is 442 g/mol. The highest BCUT2D eigenvalue weighted by atomic mass is 79.9. The third-order valence-electron chi connectivity index (χ3n) is 5.17. The van der Waals surface area contributed by atoms with Gasteiger partial charge in [-0.15, -0.1) is 0 Å². The van der Waals surface area contributed by atoms with Gasteiger partial charge in [-0.2, -0.15) is 0 Å². The van der Waals surface area contributed by atoms with Crippen LogP contribution in [-0.2, 0) is 6.54 Å². The number of halogens is 1. The fourth-order valence-corrected chi connectivity index (χ4v) is 5.59. The van der Waals surface area contributed by atoms with E-state index in [4.69, 9.17) is 4.98 Å². The van der Waals surface area contributed by atoms with Crippen LogP contribution in [0, 0.1) is 0 Å². The first kappa shape index (κ1) is 17.1. The average Bonchev–Trinajstić information content (AvgIpc) is 3.27. The van der Waals surface area contributed by atoms with Crippen molar-refractivity contribution in [3.05, 3.63) is 46.8 Å². The second-order valence-corrected chi connectivity index (χ2v) is 9.03. The number of nitrogens with zero attached hydrogens (tertiary/aromatic N) is 4. The summed E-state index contributed by atoms with van der Waals surface area (Å²) < 4.78 is 4.33. The minimum Gasteiger partial charge on any atom is -0.359 e.